The number of H-pyrrole nitrogens is 1. The molecule has 2 heterocycles. The average molecular weight is 288 g/mol. The summed E-state index contributed by atoms with van der Waals surface area (Å²) in [6.07, 6.45) is 0. The Bertz CT molecular complexity index is 666. The summed E-state index contributed by atoms with van der Waals surface area (Å²) < 4.78 is 10.7. The third-order valence-corrected chi connectivity index (χ3v) is 3.17. The van der Waals surface area contributed by atoms with E-state index >= 15 is 0 Å². The van der Waals surface area contributed by atoms with Crippen LogP contribution in [-0.4, -0.2) is 27.9 Å². The fourth-order valence-electron chi connectivity index (χ4n) is 2.02. The summed E-state index contributed by atoms with van der Waals surface area (Å²) in [5, 5.41) is 9.46. The zero-order chi connectivity index (χ0) is 14.8. The lowest BCUT2D eigenvalue weighted by molar-refractivity contribution is 0.0940. The Kier molecular flexibility index (Phi) is 3.47. The molecule has 1 amide bonds. The molecule has 1 aromatic carbocycles. The van der Waals surface area contributed by atoms with Gasteiger partial charge in [-0.25, -0.2) is 4.98 Å². The highest BCUT2D eigenvalue weighted by Gasteiger charge is 2.19. The number of carbonyl (C=O) groups excluding carboxylic acids is 1. The quantitative estimate of drug-likeness (QED) is 0.891. The van der Waals surface area contributed by atoms with Crippen LogP contribution in [-0.2, 0) is 6.54 Å². The molecule has 0 atom stereocenters. The maximum atomic E-state index is 12.0. The topological polar surface area (TPSA) is 89.1 Å². The lowest BCUT2D eigenvalue weighted by atomic mass is 10.2. The highest BCUT2D eigenvalue weighted by atomic mass is 16.7. The molecule has 3 rings (SSSR count). The molecule has 1 aliphatic heterocycles. The van der Waals surface area contributed by atoms with Crippen LogP contribution in [0.2, 0.25) is 0 Å². The number of nitrogens with zero attached hydrogens (tertiary/aromatic N) is 2. The highest BCUT2D eigenvalue weighted by Crippen LogP contribution is 2.35. The first kappa shape index (κ1) is 13.4. The summed E-state index contributed by atoms with van der Waals surface area (Å²) in [6, 6.07) is 5.57. The standard InChI is InChI=1S/C14H16N4O3/c1-8(2)12-16-13(18-17-12)14(19)15-6-9-4-3-5-10-11(9)21-7-20-10/h3-5,8H,6-7H2,1-2H3,(H,15,19)(H,16,17,18). The number of hydrogen-bond acceptors (Lipinski definition) is 5. The van der Waals surface area contributed by atoms with E-state index in [1.165, 1.54) is 0 Å². The van der Waals surface area contributed by atoms with Gasteiger partial charge in [0, 0.05) is 18.0 Å². The molecule has 7 nitrogen and oxygen atoms in total. The van der Waals surface area contributed by atoms with E-state index in [1.54, 1.807) is 0 Å². The van der Waals surface area contributed by atoms with E-state index in [9.17, 15) is 4.79 Å². The van der Waals surface area contributed by atoms with Crippen LogP contribution in [0.3, 0.4) is 0 Å². The highest BCUT2D eigenvalue weighted by molar-refractivity contribution is 5.90. The third-order valence-electron chi connectivity index (χ3n) is 3.17. The Hall–Kier alpha value is -2.57. The smallest absolute Gasteiger partial charge is 0.291 e. The summed E-state index contributed by atoms with van der Waals surface area (Å²) in [4.78, 5) is 16.2. The van der Waals surface area contributed by atoms with Crippen LogP contribution in [0.15, 0.2) is 18.2 Å². The predicted molar refractivity (Wildman–Crippen MR) is 74.2 cm³/mol. The van der Waals surface area contributed by atoms with Crippen molar-refractivity contribution in [1.29, 1.82) is 0 Å². The number of fused-ring (bicyclic) bond motifs is 1. The molecule has 0 saturated heterocycles. The molecule has 0 fully saturated rings. The van der Waals surface area contributed by atoms with E-state index in [2.05, 4.69) is 20.5 Å². The minimum absolute atomic E-state index is 0.142. The van der Waals surface area contributed by atoms with E-state index in [4.69, 9.17) is 9.47 Å². The number of para-hydroxylation sites is 1. The number of aromatic amines is 1. The van der Waals surface area contributed by atoms with Crippen molar-refractivity contribution in [2.24, 2.45) is 0 Å². The maximum absolute atomic E-state index is 12.0. The Labute approximate surface area is 121 Å². The van der Waals surface area contributed by atoms with Crippen molar-refractivity contribution in [3.05, 3.63) is 35.4 Å². The Morgan fingerprint density at radius 2 is 2.29 bits per heavy atom. The van der Waals surface area contributed by atoms with Crippen LogP contribution >= 0.6 is 0 Å². The average Bonchev–Trinajstić information content (AvgIpc) is 3.13. The number of amides is 1. The molecular formula is C14H16N4O3. The minimum atomic E-state index is -0.324. The molecular weight excluding hydrogens is 272 g/mol. The zero-order valence-corrected chi connectivity index (χ0v) is 11.8. The summed E-state index contributed by atoms with van der Waals surface area (Å²) >= 11 is 0. The van der Waals surface area contributed by atoms with Crippen molar-refractivity contribution in [2.45, 2.75) is 26.3 Å². The van der Waals surface area contributed by atoms with Crippen LogP contribution in [0.1, 0.15) is 41.8 Å². The largest absolute Gasteiger partial charge is 0.454 e. The van der Waals surface area contributed by atoms with Crippen molar-refractivity contribution < 1.29 is 14.3 Å². The fraction of sp³-hybridized carbons (Fsp3) is 0.357. The number of benzene rings is 1. The maximum Gasteiger partial charge on any atom is 0.291 e. The number of carbonyl (C=O) groups is 1. The summed E-state index contributed by atoms with van der Waals surface area (Å²) in [6.45, 7) is 4.50. The molecule has 21 heavy (non-hydrogen) atoms. The van der Waals surface area contributed by atoms with Crippen molar-refractivity contribution >= 4 is 5.91 Å². The molecule has 1 aromatic heterocycles. The number of aromatic nitrogens is 3. The number of hydrogen-bond donors (Lipinski definition) is 2. The lowest BCUT2D eigenvalue weighted by Crippen LogP contribution is -2.24. The van der Waals surface area contributed by atoms with Crippen LogP contribution < -0.4 is 14.8 Å². The molecule has 2 N–H and O–H groups in total. The molecule has 0 spiro atoms. The van der Waals surface area contributed by atoms with Gasteiger partial charge in [0.15, 0.2) is 11.5 Å². The second-order valence-corrected chi connectivity index (χ2v) is 5.03. The fourth-order valence-corrected chi connectivity index (χ4v) is 2.02. The Morgan fingerprint density at radius 1 is 1.43 bits per heavy atom. The van der Waals surface area contributed by atoms with E-state index in [1.807, 2.05) is 32.0 Å². The van der Waals surface area contributed by atoms with E-state index in [0.29, 0.717) is 23.9 Å². The second kappa shape index (κ2) is 5.43. The third kappa shape index (κ3) is 2.67. The minimum Gasteiger partial charge on any atom is -0.454 e. The van der Waals surface area contributed by atoms with Gasteiger partial charge in [0.25, 0.3) is 5.91 Å². The molecule has 0 unspecified atom stereocenters. The van der Waals surface area contributed by atoms with Gasteiger partial charge < -0.3 is 14.8 Å². The summed E-state index contributed by atoms with van der Waals surface area (Å²) in [5.41, 5.74) is 0.859. The molecule has 0 aliphatic carbocycles. The van der Waals surface area contributed by atoms with E-state index in [0.717, 1.165) is 5.56 Å². The first-order valence-corrected chi connectivity index (χ1v) is 6.73. The van der Waals surface area contributed by atoms with Crippen LogP contribution in [0.4, 0.5) is 0 Å². The molecule has 2 aromatic rings. The van der Waals surface area contributed by atoms with Crippen molar-refractivity contribution in [3.8, 4) is 11.5 Å². The van der Waals surface area contributed by atoms with Gasteiger partial charge in [-0.2, -0.15) is 0 Å². The SMILES string of the molecule is CC(C)c1nc(C(=O)NCc2cccc3c2OCO3)n[nH]1. The number of ether oxygens (including phenoxy) is 2. The van der Waals surface area contributed by atoms with E-state index in [-0.39, 0.29) is 24.4 Å². The Balaban J connectivity index is 1.67. The van der Waals surface area contributed by atoms with Crippen LogP contribution in [0, 0.1) is 0 Å². The summed E-state index contributed by atoms with van der Waals surface area (Å²) in [5.74, 6) is 2.08. The van der Waals surface area contributed by atoms with Crippen LogP contribution in [0.5, 0.6) is 11.5 Å². The number of nitrogens with one attached hydrogen (secondary N) is 2. The molecule has 7 heteroatoms. The second-order valence-electron chi connectivity index (χ2n) is 5.03. The van der Waals surface area contributed by atoms with Gasteiger partial charge in [0.2, 0.25) is 12.6 Å². The van der Waals surface area contributed by atoms with Crippen molar-refractivity contribution in [1.82, 2.24) is 20.5 Å². The zero-order valence-electron chi connectivity index (χ0n) is 11.8. The predicted octanol–water partition coefficient (Wildman–Crippen LogP) is 1.59. The van der Waals surface area contributed by atoms with Gasteiger partial charge in [0.1, 0.15) is 5.82 Å². The van der Waals surface area contributed by atoms with Gasteiger partial charge in [-0.1, -0.05) is 26.0 Å². The molecule has 1 aliphatic rings. The first-order chi connectivity index (χ1) is 10.1. The normalized spacial score (nSPS) is 12.7. The van der Waals surface area contributed by atoms with Crippen molar-refractivity contribution in [3.63, 3.8) is 0 Å². The van der Waals surface area contributed by atoms with Gasteiger partial charge in [0.05, 0.1) is 0 Å². The van der Waals surface area contributed by atoms with E-state index < -0.39 is 0 Å². The summed E-state index contributed by atoms with van der Waals surface area (Å²) in [7, 11) is 0. The Morgan fingerprint density at radius 3 is 3.05 bits per heavy atom. The van der Waals surface area contributed by atoms with Gasteiger partial charge >= 0.3 is 0 Å². The molecule has 0 radical (unpaired) electrons. The van der Waals surface area contributed by atoms with Gasteiger partial charge in [-0.15, -0.1) is 5.10 Å². The molecule has 0 saturated carbocycles. The monoisotopic (exact) mass is 288 g/mol. The molecule has 110 valence electrons. The van der Waals surface area contributed by atoms with Gasteiger partial charge in [-0.3, -0.25) is 9.89 Å². The lowest BCUT2D eigenvalue weighted by Gasteiger charge is -2.06. The van der Waals surface area contributed by atoms with Gasteiger partial charge in [-0.05, 0) is 6.07 Å². The number of rotatable bonds is 4. The van der Waals surface area contributed by atoms with Crippen molar-refractivity contribution in [2.75, 3.05) is 6.79 Å². The molecule has 0 bridgehead atoms. The van der Waals surface area contributed by atoms with Crippen LogP contribution in [0.25, 0.3) is 0 Å². The first-order valence-electron chi connectivity index (χ1n) is 6.73.